The third-order valence-corrected chi connectivity index (χ3v) is 5.90. The van der Waals surface area contributed by atoms with Crippen molar-refractivity contribution in [2.24, 2.45) is 0 Å². The Labute approximate surface area is 237 Å². The zero-order valence-electron chi connectivity index (χ0n) is 24.5. The van der Waals surface area contributed by atoms with E-state index in [1.54, 1.807) is 0 Å². The molecule has 0 aromatic carbocycles. The van der Waals surface area contributed by atoms with E-state index in [9.17, 15) is 19.8 Å². The van der Waals surface area contributed by atoms with Gasteiger partial charge < -0.3 is 19.7 Å². The molecule has 0 aromatic rings. The summed E-state index contributed by atoms with van der Waals surface area (Å²) in [4.78, 5) is 23.9. The van der Waals surface area contributed by atoms with E-state index in [1.165, 1.54) is 25.7 Å². The molecular weight excluding hydrogens is 492 g/mol. The third-order valence-electron chi connectivity index (χ3n) is 5.90. The van der Waals surface area contributed by atoms with Crippen LogP contribution in [0.2, 0.25) is 0 Å². The van der Waals surface area contributed by atoms with E-state index in [1.807, 2.05) is 43.4 Å². The number of allylic oxidation sites excluding steroid dienone is 8. The molecule has 0 fully saturated rings. The van der Waals surface area contributed by atoms with Gasteiger partial charge in [-0.25, -0.2) is 0 Å². The summed E-state index contributed by atoms with van der Waals surface area (Å²) in [6.45, 7) is 3.77. The lowest BCUT2D eigenvalue weighted by Gasteiger charge is -2.15. The Hall–Kier alpha value is -2.44. The summed E-state index contributed by atoms with van der Waals surface area (Å²) < 4.78 is 10.4. The molecular formula is C33H54O6. The van der Waals surface area contributed by atoms with Crippen molar-refractivity contribution in [3.63, 3.8) is 0 Å². The van der Waals surface area contributed by atoms with Crippen molar-refractivity contribution in [2.75, 3.05) is 13.2 Å². The molecule has 0 saturated heterocycles. The van der Waals surface area contributed by atoms with Crippen molar-refractivity contribution in [3.8, 4) is 0 Å². The van der Waals surface area contributed by atoms with Crippen LogP contribution in [0.15, 0.2) is 60.8 Å². The van der Waals surface area contributed by atoms with Crippen LogP contribution in [-0.4, -0.2) is 47.6 Å². The first-order valence-corrected chi connectivity index (χ1v) is 15.0. The Balaban J connectivity index is 3.82. The first kappa shape index (κ1) is 36.6. The van der Waals surface area contributed by atoms with Crippen LogP contribution in [0.3, 0.4) is 0 Å². The lowest BCUT2D eigenvalue weighted by atomic mass is 10.1. The van der Waals surface area contributed by atoms with Gasteiger partial charge in [0.1, 0.15) is 6.61 Å². The Kier molecular flexibility index (Phi) is 26.8. The molecule has 0 amide bonds. The molecule has 2 N–H and O–H groups in total. The van der Waals surface area contributed by atoms with Crippen LogP contribution in [0.1, 0.15) is 110 Å². The standard InChI is InChI=1S/C33H54O6/c1-3-5-7-8-15-19-22-26-32(36)38-29-31(28-34)39-33(37)27-23-20-17-14-12-10-9-11-13-16-18-21-25-30(35)24-6-4-2/h6,9-10,13-14,16-18,21,24,30-31,34-35H,3-5,7-8,11-12,15,19-20,22-23,25-29H2,1-2H3/b10-9-,16-13-,17-14-,21-18+,24-6-/t30?,31-/m0/s1. The van der Waals surface area contributed by atoms with E-state index >= 15 is 0 Å². The number of rotatable bonds is 25. The quantitative estimate of drug-likeness (QED) is 0.0534. The number of carbonyl (C=O) groups excluding carboxylic acids is 2. The first-order valence-electron chi connectivity index (χ1n) is 15.0. The summed E-state index contributed by atoms with van der Waals surface area (Å²) in [5, 5.41) is 19.1. The molecule has 0 aliphatic carbocycles. The maximum atomic E-state index is 12.0. The Morgan fingerprint density at radius 3 is 2.10 bits per heavy atom. The number of aliphatic hydroxyl groups excluding tert-OH is 2. The van der Waals surface area contributed by atoms with Gasteiger partial charge in [-0.3, -0.25) is 9.59 Å². The summed E-state index contributed by atoms with van der Waals surface area (Å²) in [5.74, 6) is -0.699. The van der Waals surface area contributed by atoms with E-state index in [4.69, 9.17) is 9.47 Å². The molecule has 0 bridgehead atoms. The molecule has 0 spiro atoms. The Morgan fingerprint density at radius 1 is 0.744 bits per heavy atom. The molecule has 6 nitrogen and oxygen atoms in total. The average molecular weight is 547 g/mol. The van der Waals surface area contributed by atoms with Gasteiger partial charge in [-0.1, -0.05) is 113 Å². The predicted molar refractivity (Wildman–Crippen MR) is 160 cm³/mol. The highest BCUT2D eigenvalue weighted by Crippen LogP contribution is 2.09. The fraction of sp³-hybridized carbons (Fsp3) is 0.636. The molecule has 6 heteroatoms. The number of aliphatic hydroxyl groups is 2. The van der Waals surface area contributed by atoms with E-state index in [0.29, 0.717) is 19.3 Å². The monoisotopic (exact) mass is 546 g/mol. The molecule has 0 saturated carbocycles. The highest BCUT2D eigenvalue weighted by molar-refractivity contribution is 5.70. The fourth-order valence-electron chi connectivity index (χ4n) is 3.61. The van der Waals surface area contributed by atoms with E-state index in [2.05, 4.69) is 31.2 Å². The number of hydrogen-bond donors (Lipinski definition) is 2. The summed E-state index contributed by atoms with van der Waals surface area (Å²) >= 11 is 0. The predicted octanol–water partition coefficient (Wildman–Crippen LogP) is 7.47. The molecule has 0 radical (unpaired) electrons. The molecule has 39 heavy (non-hydrogen) atoms. The van der Waals surface area contributed by atoms with Crippen LogP contribution < -0.4 is 0 Å². The van der Waals surface area contributed by atoms with Gasteiger partial charge in [0.15, 0.2) is 6.10 Å². The molecule has 1 unspecified atom stereocenters. The maximum absolute atomic E-state index is 12.0. The van der Waals surface area contributed by atoms with E-state index in [0.717, 1.165) is 44.9 Å². The van der Waals surface area contributed by atoms with Crippen molar-refractivity contribution in [1.82, 2.24) is 0 Å². The number of unbranched alkanes of at least 4 members (excludes halogenated alkanes) is 7. The lowest BCUT2D eigenvalue weighted by Crippen LogP contribution is -2.28. The fourth-order valence-corrected chi connectivity index (χ4v) is 3.61. The van der Waals surface area contributed by atoms with Crippen molar-refractivity contribution in [1.29, 1.82) is 0 Å². The summed E-state index contributed by atoms with van der Waals surface area (Å²) in [6.07, 6.45) is 32.0. The Morgan fingerprint density at radius 2 is 1.38 bits per heavy atom. The topological polar surface area (TPSA) is 93.1 Å². The molecule has 222 valence electrons. The second kappa shape index (κ2) is 28.6. The smallest absolute Gasteiger partial charge is 0.306 e. The minimum absolute atomic E-state index is 0.102. The molecule has 0 rings (SSSR count). The van der Waals surface area contributed by atoms with Crippen molar-refractivity contribution in [2.45, 2.75) is 122 Å². The van der Waals surface area contributed by atoms with Crippen molar-refractivity contribution in [3.05, 3.63) is 60.8 Å². The van der Waals surface area contributed by atoms with Gasteiger partial charge in [0.25, 0.3) is 0 Å². The van der Waals surface area contributed by atoms with Gasteiger partial charge in [-0.2, -0.15) is 0 Å². The van der Waals surface area contributed by atoms with Crippen molar-refractivity contribution < 1.29 is 29.3 Å². The average Bonchev–Trinajstić information content (AvgIpc) is 2.93. The SMILES string of the molecule is CC/C=C\C(O)C/C=C/C=C\C/C=C\C/C=C\CCCC(=O)O[C@@H](CO)COC(=O)CCCCCCCCC. The van der Waals surface area contributed by atoms with Crippen LogP contribution in [0.5, 0.6) is 0 Å². The molecule has 0 aliphatic rings. The number of esters is 2. The van der Waals surface area contributed by atoms with Gasteiger partial charge >= 0.3 is 11.9 Å². The van der Waals surface area contributed by atoms with Gasteiger partial charge in [-0.15, -0.1) is 0 Å². The highest BCUT2D eigenvalue weighted by atomic mass is 16.6. The van der Waals surface area contributed by atoms with E-state index < -0.39 is 18.2 Å². The van der Waals surface area contributed by atoms with Crippen LogP contribution in [0.25, 0.3) is 0 Å². The maximum Gasteiger partial charge on any atom is 0.306 e. The van der Waals surface area contributed by atoms with Crippen molar-refractivity contribution >= 4 is 11.9 Å². The first-order chi connectivity index (χ1) is 19.0. The minimum atomic E-state index is -0.810. The largest absolute Gasteiger partial charge is 0.462 e. The normalized spacial score (nSPS) is 13.8. The zero-order valence-corrected chi connectivity index (χ0v) is 24.5. The lowest BCUT2D eigenvalue weighted by molar-refractivity contribution is -0.161. The highest BCUT2D eigenvalue weighted by Gasteiger charge is 2.15. The third kappa shape index (κ3) is 26.9. The molecule has 0 aliphatic heterocycles. The second-order valence-electron chi connectivity index (χ2n) is 9.65. The van der Waals surface area contributed by atoms with Gasteiger partial charge in [0, 0.05) is 12.8 Å². The van der Waals surface area contributed by atoms with Crippen LogP contribution in [0, 0.1) is 0 Å². The number of hydrogen-bond acceptors (Lipinski definition) is 6. The van der Waals surface area contributed by atoms with Crippen LogP contribution >= 0.6 is 0 Å². The Bertz CT molecular complexity index is 734. The van der Waals surface area contributed by atoms with E-state index in [-0.39, 0.29) is 25.6 Å². The molecule has 0 aromatic heterocycles. The van der Waals surface area contributed by atoms with Gasteiger partial charge in [0.2, 0.25) is 0 Å². The number of ether oxygens (including phenoxy) is 2. The minimum Gasteiger partial charge on any atom is -0.462 e. The number of carbonyl (C=O) groups is 2. The van der Waals surface area contributed by atoms with Crippen LogP contribution in [0.4, 0.5) is 0 Å². The summed E-state index contributed by atoms with van der Waals surface area (Å²) in [7, 11) is 0. The van der Waals surface area contributed by atoms with Gasteiger partial charge in [-0.05, 0) is 44.9 Å². The summed E-state index contributed by atoms with van der Waals surface area (Å²) in [6, 6.07) is 0. The van der Waals surface area contributed by atoms with Gasteiger partial charge in [0.05, 0.1) is 12.7 Å². The summed E-state index contributed by atoms with van der Waals surface area (Å²) in [5.41, 5.74) is 0. The zero-order chi connectivity index (χ0) is 28.8. The molecule has 2 atom stereocenters. The molecule has 0 heterocycles. The van der Waals surface area contributed by atoms with Crippen LogP contribution in [-0.2, 0) is 19.1 Å². The second-order valence-corrected chi connectivity index (χ2v) is 9.65.